The average Bonchev–Trinajstić information content (AvgIpc) is 2.85. The van der Waals surface area contributed by atoms with Crippen LogP contribution in [0.3, 0.4) is 0 Å². The summed E-state index contributed by atoms with van der Waals surface area (Å²) in [7, 11) is 0. The first-order valence-electron chi connectivity index (χ1n) is 10.9. The Labute approximate surface area is 194 Å². The molecule has 0 saturated carbocycles. The van der Waals surface area contributed by atoms with E-state index in [2.05, 4.69) is 18.4 Å². The minimum absolute atomic E-state index is 0.263. The number of benzene rings is 3. The van der Waals surface area contributed by atoms with Gasteiger partial charge in [0.05, 0.1) is 11.6 Å². The zero-order valence-electron chi connectivity index (χ0n) is 19.0. The fraction of sp³-hybridized carbons (Fsp3) is 0.222. The van der Waals surface area contributed by atoms with Gasteiger partial charge in [0.1, 0.15) is 5.75 Å². The molecule has 3 aromatic rings. The summed E-state index contributed by atoms with van der Waals surface area (Å²) in [5.41, 5.74) is 6.47. The molecule has 0 bridgehead atoms. The first-order valence-corrected chi connectivity index (χ1v) is 10.9. The van der Waals surface area contributed by atoms with E-state index in [1.54, 1.807) is 42.5 Å². The Morgan fingerprint density at radius 1 is 1.00 bits per heavy atom. The molecule has 0 aliphatic carbocycles. The van der Waals surface area contributed by atoms with Crippen molar-refractivity contribution in [3.63, 3.8) is 0 Å². The molecule has 0 radical (unpaired) electrons. The summed E-state index contributed by atoms with van der Waals surface area (Å²) in [6.07, 6.45) is 0.817. The lowest BCUT2D eigenvalue weighted by molar-refractivity contribution is -0.137. The van der Waals surface area contributed by atoms with Crippen molar-refractivity contribution in [2.24, 2.45) is 0 Å². The van der Waals surface area contributed by atoms with Crippen molar-refractivity contribution in [2.75, 3.05) is 6.61 Å². The molecule has 0 unspecified atom stereocenters. The van der Waals surface area contributed by atoms with Gasteiger partial charge < -0.3 is 4.74 Å². The molecule has 0 atom stereocenters. The summed E-state index contributed by atoms with van der Waals surface area (Å²) in [4.78, 5) is 25.5. The van der Waals surface area contributed by atoms with Crippen LogP contribution >= 0.6 is 0 Å². The number of hydrazine groups is 1. The van der Waals surface area contributed by atoms with E-state index in [0.717, 1.165) is 23.1 Å². The summed E-state index contributed by atoms with van der Waals surface area (Å²) in [5, 5.41) is 10.6. The number of amides is 2. The highest BCUT2D eigenvalue weighted by atomic mass is 16.5. The van der Waals surface area contributed by atoms with Gasteiger partial charge in [-0.05, 0) is 61.7 Å². The van der Waals surface area contributed by atoms with E-state index in [9.17, 15) is 14.9 Å². The number of carbonyl (C=O) groups is 2. The van der Waals surface area contributed by atoms with Crippen LogP contribution in [0.15, 0.2) is 72.8 Å². The number of hydrogen-bond acceptors (Lipinski definition) is 4. The Morgan fingerprint density at radius 3 is 2.36 bits per heavy atom. The molecule has 0 spiro atoms. The number of rotatable bonds is 7. The number of aryl methyl sites for hydroxylation is 1. The van der Waals surface area contributed by atoms with Gasteiger partial charge in [0, 0.05) is 17.2 Å². The topological polar surface area (TPSA) is 82.4 Å². The van der Waals surface area contributed by atoms with E-state index in [1.165, 1.54) is 5.01 Å². The van der Waals surface area contributed by atoms with Gasteiger partial charge in [0.15, 0.2) is 6.61 Å². The maximum Gasteiger partial charge on any atom is 0.279 e. The highest BCUT2D eigenvalue weighted by Crippen LogP contribution is 2.33. The van der Waals surface area contributed by atoms with Crippen molar-refractivity contribution in [2.45, 2.75) is 33.2 Å². The molecular formula is C27H27N3O3. The van der Waals surface area contributed by atoms with Crippen molar-refractivity contribution in [3.8, 4) is 22.9 Å². The Morgan fingerprint density at radius 2 is 1.70 bits per heavy atom. The Kier molecular flexibility index (Phi) is 7.82. The van der Waals surface area contributed by atoms with E-state index in [4.69, 9.17) is 4.74 Å². The molecule has 3 rings (SSSR count). The molecule has 0 heterocycles. The summed E-state index contributed by atoms with van der Waals surface area (Å²) in [6, 6.07) is 23.7. The number of nitrogens with one attached hydrogen (secondary N) is 1. The molecule has 1 N–H and O–H groups in total. The quantitative estimate of drug-likeness (QED) is 0.537. The zero-order valence-corrected chi connectivity index (χ0v) is 19.0. The summed E-state index contributed by atoms with van der Waals surface area (Å²) >= 11 is 0. The maximum atomic E-state index is 13.0. The first-order chi connectivity index (χ1) is 15.9. The van der Waals surface area contributed by atoms with Crippen LogP contribution < -0.4 is 10.2 Å². The highest BCUT2D eigenvalue weighted by molar-refractivity contribution is 5.95. The van der Waals surface area contributed by atoms with Crippen LogP contribution in [0, 0.1) is 11.3 Å². The number of nitrogens with zero attached hydrogens (tertiary/aromatic N) is 2. The predicted octanol–water partition coefficient (Wildman–Crippen LogP) is 4.75. The third kappa shape index (κ3) is 5.78. The van der Waals surface area contributed by atoms with Crippen LogP contribution in [0.25, 0.3) is 11.1 Å². The largest absolute Gasteiger partial charge is 0.483 e. The molecular weight excluding hydrogens is 414 g/mol. The molecule has 0 aromatic heterocycles. The van der Waals surface area contributed by atoms with Gasteiger partial charge >= 0.3 is 0 Å². The fourth-order valence-corrected chi connectivity index (χ4v) is 3.48. The SMILES string of the molecule is CCc1ccccc1-c1cc(C#N)ccc1OCC(=O)N(NC(=O)c1ccccc1)C(C)C. The van der Waals surface area contributed by atoms with Crippen molar-refractivity contribution >= 4 is 11.8 Å². The zero-order chi connectivity index (χ0) is 23.8. The predicted molar refractivity (Wildman–Crippen MR) is 127 cm³/mol. The molecule has 0 saturated heterocycles. The van der Waals surface area contributed by atoms with Crippen LogP contribution in [-0.4, -0.2) is 29.5 Å². The Hall–Kier alpha value is -4.11. The number of carbonyl (C=O) groups excluding carboxylic acids is 2. The van der Waals surface area contributed by atoms with Gasteiger partial charge in [-0.1, -0.05) is 49.4 Å². The molecule has 0 aliphatic heterocycles. The summed E-state index contributed by atoms with van der Waals surface area (Å²) in [5.74, 6) is -0.247. The van der Waals surface area contributed by atoms with Crippen LogP contribution in [0.4, 0.5) is 0 Å². The van der Waals surface area contributed by atoms with Crippen molar-refractivity contribution in [1.82, 2.24) is 10.4 Å². The third-order valence-electron chi connectivity index (χ3n) is 5.19. The Bertz CT molecular complexity index is 1170. The molecule has 0 aliphatic rings. The van der Waals surface area contributed by atoms with Gasteiger partial charge in [0.2, 0.25) is 0 Å². The fourth-order valence-electron chi connectivity index (χ4n) is 3.48. The van der Waals surface area contributed by atoms with Gasteiger partial charge in [-0.3, -0.25) is 15.0 Å². The number of ether oxygens (including phenoxy) is 1. The van der Waals surface area contributed by atoms with E-state index < -0.39 is 0 Å². The number of hydrogen-bond donors (Lipinski definition) is 1. The minimum Gasteiger partial charge on any atom is -0.483 e. The second-order valence-corrected chi connectivity index (χ2v) is 7.79. The normalized spacial score (nSPS) is 10.4. The monoisotopic (exact) mass is 441 g/mol. The smallest absolute Gasteiger partial charge is 0.279 e. The number of nitriles is 1. The second kappa shape index (κ2) is 11.0. The lowest BCUT2D eigenvalue weighted by atomic mass is 9.96. The maximum absolute atomic E-state index is 13.0. The molecule has 0 fully saturated rings. The highest BCUT2D eigenvalue weighted by Gasteiger charge is 2.21. The molecule has 33 heavy (non-hydrogen) atoms. The third-order valence-corrected chi connectivity index (χ3v) is 5.19. The second-order valence-electron chi connectivity index (χ2n) is 7.79. The molecule has 3 aromatic carbocycles. The van der Waals surface area contributed by atoms with E-state index in [1.807, 2.05) is 44.2 Å². The first kappa shape index (κ1) is 23.6. The van der Waals surface area contributed by atoms with Crippen LogP contribution in [0.2, 0.25) is 0 Å². The van der Waals surface area contributed by atoms with Gasteiger partial charge in [-0.15, -0.1) is 0 Å². The van der Waals surface area contributed by atoms with E-state index >= 15 is 0 Å². The van der Waals surface area contributed by atoms with Gasteiger partial charge in [0.25, 0.3) is 11.8 Å². The lowest BCUT2D eigenvalue weighted by Crippen LogP contribution is -2.51. The van der Waals surface area contributed by atoms with Crippen molar-refractivity contribution in [1.29, 1.82) is 5.26 Å². The lowest BCUT2D eigenvalue weighted by Gasteiger charge is -2.27. The molecule has 6 nitrogen and oxygen atoms in total. The molecule has 2 amide bonds. The van der Waals surface area contributed by atoms with E-state index in [0.29, 0.717) is 16.9 Å². The van der Waals surface area contributed by atoms with Gasteiger partial charge in [-0.2, -0.15) is 5.26 Å². The van der Waals surface area contributed by atoms with Crippen LogP contribution in [-0.2, 0) is 11.2 Å². The van der Waals surface area contributed by atoms with Crippen LogP contribution in [0.1, 0.15) is 42.3 Å². The minimum atomic E-state index is -0.381. The average molecular weight is 442 g/mol. The summed E-state index contributed by atoms with van der Waals surface area (Å²) < 4.78 is 5.92. The van der Waals surface area contributed by atoms with Crippen molar-refractivity contribution < 1.29 is 14.3 Å². The van der Waals surface area contributed by atoms with Crippen LogP contribution in [0.5, 0.6) is 5.75 Å². The molecule has 168 valence electrons. The Balaban J connectivity index is 1.81. The van der Waals surface area contributed by atoms with Crippen molar-refractivity contribution in [3.05, 3.63) is 89.5 Å². The van der Waals surface area contributed by atoms with Gasteiger partial charge in [-0.25, -0.2) is 5.01 Å². The van der Waals surface area contributed by atoms with E-state index in [-0.39, 0.29) is 24.5 Å². The standard InChI is InChI=1S/C27H27N3O3/c1-4-21-10-8-9-13-23(21)24-16-20(17-28)14-15-25(24)33-18-26(31)30(19(2)3)29-27(32)22-11-6-5-7-12-22/h5-16,19H,4,18H2,1-3H3,(H,29,32). The summed E-state index contributed by atoms with van der Waals surface area (Å²) in [6.45, 7) is 5.43. The molecule has 6 heteroatoms.